The van der Waals surface area contributed by atoms with Crippen LogP contribution in [0.3, 0.4) is 0 Å². The first-order valence-electron chi connectivity index (χ1n) is 7.54. The molecule has 112 valence electrons. The minimum atomic E-state index is 0.913. The maximum Gasteiger partial charge on any atom is 0.139 e. The summed E-state index contributed by atoms with van der Waals surface area (Å²) in [6.07, 6.45) is 2.09. The van der Waals surface area contributed by atoms with Crippen molar-refractivity contribution in [3.05, 3.63) is 72.8 Å². The van der Waals surface area contributed by atoms with E-state index >= 15 is 0 Å². The number of imidazole rings is 1. The Kier molecular flexibility index (Phi) is 3.64. The van der Waals surface area contributed by atoms with E-state index in [0.717, 1.165) is 22.4 Å². The molecule has 0 aliphatic rings. The van der Waals surface area contributed by atoms with Gasteiger partial charge in [-0.15, -0.1) is 11.8 Å². The Bertz CT molecular complexity index is 922. The molecule has 0 radical (unpaired) electrons. The number of thioether (sulfide) groups is 1. The fourth-order valence-electron chi connectivity index (χ4n) is 2.79. The summed E-state index contributed by atoms with van der Waals surface area (Å²) < 4.78 is 0. The van der Waals surface area contributed by atoms with Gasteiger partial charge in [0.05, 0.1) is 11.0 Å². The molecule has 4 aromatic rings. The predicted molar refractivity (Wildman–Crippen MR) is 98.7 cm³/mol. The van der Waals surface area contributed by atoms with Crippen LogP contribution in [0, 0.1) is 0 Å². The second-order valence-corrected chi connectivity index (χ2v) is 6.26. The summed E-state index contributed by atoms with van der Waals surface area (Å²) in [6.45, 7) is 0. The number of benzene rings is 3. The molecule has 1 aromatic heterocycles. The van der Waals surface area contributed by atoms with Crippen molar-refractivity contribution in [1.82, 2.24) is 9.97 Å². The van der Waals surface area contributed by atoms with Crippen molar-refractivity contribution in [2.24, 2.45) is 0 Å². The Morgan fingerprint density at radius 1 is 0.783 bits per heavy atom. The minimum Gasteiger partial charge on any atom is -0.338 e. The maximum atomic E-state index is 4.74. The van der Waals surface area contributed by atoms with E-state index in [1.54, 1.807) is 11.8 Å². The molecule has 1 heterocycles. The van der Waals surface area contributed by atoms with Crippen LogP contribution in [0.5, 0.6) is 0 Å². The van der Waals surface area contributed by atoms with Gasteiger partial charge >= 0.3 is 0 Å². The van der Waals surface area contributed by atoms with E-state index in [4.69, 9.17) is 4.98 Å². The first-order chi connectivity index (χ1) is 11.3. The van der Waals surface area contributed by atoms with Gasteiger partial charge in [-0.3, -0.25) is 0 Å². The topological polar surface area (TPSA) is 28.7 Å². The molecule has 2 nitrogen and oxygen atoms in total. The Morgan fingerprint density at radius 3 is 2.22 bits per heavy atom. The summed E-state index contributed by atoms with van der Waals surface area (Å²) in [5.41, 5.74) is 5.59. The van der Waals surface area contributed by atoms with Gasteiger partial charge in [-0.05, 0) is 41.6 Å². The largest absolute Gasteiger partial charge is 0.338 e. The maximum absolute atomic E-state index is 4.74. The number of aromatic nitrogens is 2. The van der Waals surface area contributed by atoms with Crippen LogP contribution in [0.1, 0.15) is 0 Å². The van der Waals surface area contributed by atoms with E-state index < -0.39 is 0 Å². The second-order valence-electron chi connectivity index (χ2n) is 5.38. The highest BCUT2D eigenvalue weighted by Gasteiger charge is 2.10. The number of nitrogens with one attached hydrogen (secondary N) is 1. The van der Waals surface area contributed by atoms with Gasteiger partial charge in [-0.2, -0.15) is 0 Å². The Morgan fingerprint density at radius 2 is 1.48 bits per heavy atom. The number of rotatable bonds is 3. The Labute approximate surface area is 139 Å². The lowest BCUT2D eigenvalue weighted by molar-refractivity contribution is 1.33. The molecular formula is C20H16N2S. The van der Waals surface area contributed by atoms with Crippen LogP contribution >= 0.6 is 11.8 Å². The average Bonchev–Trinajstić information content (AvgIpc) is 3.06. The molecule has 0 saturated heterocycles. The molecular weight excluding hydrogens is 300 g/mol. The number of aromatic amines is 1. The number of para-hydroxylation sites is 2. The van der Waals surface area contributed by atoms with Crippen LogP contribution in [-0.2, 0) is 0 Å². The molecule has 23 heavy (non-hydrogen) atoms. The van der Waals surface area contributed by atoms with E-state index in [1.807, 2.05) is 18.2 Å². The van der Waals surface area contributed by atoms with Crippen molar-refractivity contribution in [3.63, 3.8) is 0 Å². The van der Waals surface area contributed by atoms with Gasteiger partial charge in [0.1, 0.15) is 5.82 Å². The van der Waals surface area contributed by atoms with E-state index in [2.05, 4.69) is 65.8 Å². The third-order valence-corrected chi connectivity index (χ3v) is 4.72. The molecule has 0 aliphatic heterocycles. The normalized spacial score (nSPS) is 11.0. The molecule has 0 fully saturated rings. The van der Waals surface area contributed by atoms with Crippen LogP contribution in [0.15, 0.2) is 77.7 Å². The van der Waals surface area contributed by atoms with Crippen LogP contribution in [-0.4, -0.2) is 16.2 Å². The van der Waals surface area contributed by atoms with Gasteiger partial charge in [0.2, 0.25) is 0 Å². The summed E-state index contributed by atoms with van der Waals surface area (Å²) in [4.78, 5) is 9.45. The summed E-state index contributed by atoms with van der Waals surface area (Å²) >= 11 is 1.76. The number of H-pyrrole nitrogens is 1. The lowest BCUT2D eigenvalue weighted by Gasteiger charge is -2.08. The number of fused-ring (bicyclic) bond motifs is 1. The third-order valence-electron chi connectivity index (χ3n) is 3.97. The van der Waals surface area contributed by atoms with E-state index in [-0.39, 0.29) is 0 Å². The molecule has 4 rings (SSSR count). The molecule has 0 unspecified atom stereocenters. The van der Waals surface area contributed by atoms with E-state index in [1.165, 1.54) is 16.0 Å². The Hall–Kier alpha value is -2.52. The summed E-state index contributed by atoms with van der Waals surface area (Å²) in [5, 5.41) is 0. The highest BCUT2D eigenvalue weighted by atomic mass is 32.2. The molecule has 0 aliphatic carbocycles. The molecule has 0 bridgehead atoms. The van der Waals surface area contributed by atoms with Crippen LogP contribution in [0.25, 0.3) is 33.5 Å². The van der Waals surface area contributed by atoms with Crippen LogP contribution < -0.4 is 0 Å². The van der Waals surface area contributed by atoms with Gasteiger partial charge in [0, 0.05) is 10.5 Å². The van der Waals surface area contributed by atoms with Crippen LogP contribution in [0.2, 0.25) is 0 Å². The first kappa shape index (κ1) is 14.1. The zero-order valence-corrected chi connectivity index (χ0v) is 13.6. The lowest BCUT2D eigenvalue weighted by atomic mass is 9.99. The molecule has 0 amide bonds. The Balaban J connectivity index is 1.85. The monoisotopic (exact) mass is 316 g/mol. The number of nitrogens with zero attached hydrogens (tertiary/aromatic N) is 1. The van der Waals surface area contributed by atoms with Crippen molar-refractivity contribution >= 4 is 22.8 Å². The van der Waals surface area contributed by atoms with Gasteiger partial charge in [0.15, 0.2) is 0 Å². The molecule has 0 saturated carbocycles. The zero-order chi connectivity index (χ0) is 15.6. The minimum absolute atomic E-state index is 0.913. The zero-order valence-electron chi connectivity index (χ0n) is 12.8. The van der Waals surface area contributed by atoms with Gasteiger partial charge in [-0.1, -0.05) is 48.5 Å². The first-order valence-corrected chi connectivity index (χ1v) is 8.76. The molecule has 3 heteroatoms. The quantitative estimate of drug-likeness (QED) is 0.497. The number of hydrogen-bond acceptors (Lipinski definition) is 2. The fourth-order valence-corrected chi connectivity index (χ4v) is 3.20. The van der Waals surface area contributed by atoms with Crippen molar-refractivity contribution in [1.29, 1.82) is 0 Å². The van der Waals surface area contributed by atoms with Crippen molar-refractivity contribution in [3.8, 4) is 22.5 Å². The average molecular weight is 316 g/mol. The van der Waals surface area contributed by atoms with Crippen molar-refractivity contribution in [2.45, 2.75) is 4.90 Å². The summed E-state index contributed by atoms with van der Waals surface area (Å²) in [7, 11) is 0. The summed E-state index contributed by atoms with van der Waals surface area (Å²) in [6, 6.07) is 25.2. The van der Waals surface area contributed by atoms with Gasteiger partial charge in [0.25, 0.3) is 0 Å². The standard InChI is InChI=1S/C20H16N2S/c1-23-15-12-10-14(11-13-15)16-6-2-3-7-17(16)20-21-18-8-4-5-9-19(18)22-20/h2-13H,1H3,(H,21,22). The van der Waals surface area contributed by atoms with E-state index in [0.29, 0.717) is 0 Å². The summed E-state index contributed by atoms with van der Waals surface area (Å²) in [5.74, 6) is 0.913. The third kappa shape index (κ3) is 2.64. The highest BCUT2D eigenvalue weighted by Crippen LogP contribution is 2.32. The molecule has 0 spiro atoms. The predicted octanol–water partition coefficient (Wildman–Crippen LogP) is 5.62. The molecule has 3 aromatic carbocycles. The second kappa shape index (κ2) is 5.94. The van der Waals surface area contributed by atoms with Crippen molar-refractivity contribution in [2.75, 3.05) is 6.26 Å². The van der Waals surface area contributed by atoms with Gasteiger partial charge < -0.3 is 4.98 Å². The van der Waals surface area contributed by atoms with Gasteiger partial charge in [-0.25, -0.2) is 4.98 Å². The fraction of sp³-hybridized carbons (Fsp3) is 0.0500. The molecule has 1 N–H and O–H groups in total. The smallest absolute Gasteiger partial charge is 0.139 e. The van der Waals surface area contributed by atoms with E-state index in [9.17, 15) is 0 Å². The van der Waals surface area contributed by atoms with Crippen molar-refractivity contribution < 1.29 is 0 Å². The lowest BCUT2D eigenvalue weighted by Crippen LogP contribution is -1.86. The molecule has 0 atom stereocenters. The number of hydrogen-bond donors (Lipinski definition) is 1. The van der Waals surface area contributed by atoms with Crippen LogP contribution in [0.4, 0.5) is 0 Å². The highest BCUT2D eigenvalue weighted by molar-refractivity contribution is 7.98. The SMILES string of the molecule is CSc1ccc(-c2ccccc2-c2nc3ccccc3[nH]2)cc1.